The van der Waals surface area contributed by atoms with Crippen LogP contribution < -0.4 is 9.64 Å². The monoisotopic (exact) mass is 333 g/mol. The van der Waals surface area contributed by atoms with Crippen LogP contribution in [0.4, 0.5) is 5.69 Å². The van der Waals surface area contributed by atoms with Crippen LogP contribution in [0.25, 0.3) is 0 Å². The molecule has 1 aliphatic heterocycles. The summed E-state index contributed by atoms with van der Waals surface area (Å²) in [5.41, 5.74) is 1.71. The van der Waals surface area contributed by atoms with Gasteiger partial charge in [-0.05, 0) is 42.7 Å². The van der Waals surface area contributed by atoms with Gasteiger partial charge in [-0.15, -0.1) is 0 Å². The van der Waals surface area contributed by atoms with Crippen LogP contribution >= 0.6 is 0 Å². The highest BCUT2D eigenvalue weighted by Gasteiger charge is 2.47. The summed E-state index contributed by atoms with van der Waals surface area (Å²) in [4.78, 5) is 26.5. The summed E-state index contributed by atoms with van der Waals surface area (Å²) in [6, 6.07) is 17.1. The number of carbonyl (C=O) groups is 2. The van der Waals surface area contributed by atoms with Gasteiger partial charge >= 0.3 is 0 Å². The molecule has 0 N–H and O–H groups in total. The lowest BCUT2D eigenvalue weighted by molar-refractivity contribution is -0.122. The second-order valence-electron chi connectivity index (χ2n) is 6.44. The number of allylic oxidation sites excluding steroid dienone is 2. The highest BCUT2D eigenvalue weighted by Crippen LogP contribution is 2.37. The van der Waals surface area contributed by atoms with Crippen molar-refractivity contribution in [3.05, 3.63) is 72.3 Å². The first-order chi connectivity index (χ1) is 12.2. The summed E-state index contributed by atoms with van der Waals surface area (Å²) in [6.45, 7) is 0.484. The highest BCUT2D eigenvalue weighted by molar-refractivity contribution is 6.22. The lowest BCUT2D eigenvalue weighted by Gasteiger charge is -2.15. The third-order valence-electron chi connectivity index (χ3n) is 4.85. The highest BCUT2D eigenvalue weighted by atomic mass is 16.5. The summed E-state index contributed by atoms with van der Waals surface area (Å²) in [7, 11) is 0. The zero-order chi connectivity index (χ0) is 17.2. The predicted octanol–water partition coefficient (Wildman–Crippen LogP) is 3.72. The summed E-state index contributed by atoms with van der Waals surface area (Å²) >= 11 is 0. The molecule has 1 heterocycles. The van der Waals surface area contributed by atoms with Gasteiger partial charge in [0.25, 0.3) is 0 Å². The van der Waals surface area contributed by atoms with E-state index in [-0.39, 0.29) is 23.7 Å². The van der Waals surface area contributed by atoms with Gasteiger partial charge in [-0.3, -0.25) is 14.5 Å². The summed E-state index contributed by atoms with van der Waals surface area (Å²) in [6.07, 6.45) is 5.31. The van der Waals surface area contributed by atoms with Crippen LogP contribution in [0.5, 0.6) is 5.75 Å². The van der Waals surface area contributed by atoms with Crippen LogP contribution in [0.15, 0.2) is 66.7 Å². The quantitative estimate of drug-likeness (QED) is 0.633. The van der Waals surface area contributed by atoms with Crippen molar-refractivity contribution < 1.29 is 14.3 Å². The molecule has 1 fully saturated rings. The summed E-state index contributed by atoms with van der Waals surface area (Å²) < 4.78 is 5.76. The molecule has 0 radical (unpaired) electrons. The molecule has 0 spiro atoms. The number of carbonyl (C=O) groups excluding carboxylic acids is 2. The number of rotatable bonds is 4. The average Bonchev–Trinajstić information content (AvgIpc) is 2.93. The lowest BCUT2D eigenvalue weighted by atomic mass is 9.85. The average molecular weight is 333 g/mol. The van der Waals surface area contributed by atoms with E-state index in [9.17, 15) is 9.59 Å². The number of nitrogens with zero attached hydrogens (tertiary/aromatic N) is 1. The molecule has 0 bridgehead atoms. The van der Waals surface area contributed by atoms with E-state index in [1.165, 1.54) is 4.90 Å². The summed E-state index contributed by atoms with van der Waals surface area (Å²) in [5, 5.41) is 0. The van der Waals surface area contributed by atoms with Crippen molar-refractivity contribution >= 4 is 17.5 Å². The maximum atomic E-state index is 12.6. The topological polar surface area (TPSA) is 46.6 Å². The largest absolute Gasteiger partial charge is 0.489 e. The van der Waals surface area contributed by atoms with Crippen LogP contribution in [0.1, 0.15) is 18.4 Å². The van der Waals surface area contributed by atoms with E-state index in [4.69, 9.17) is 4.74 Å². The van der Waals surface area contributed by atoms with Gasteiger partial charge in [-0.2, -0.15) is 0 Å². The molecular formula is C21H19NO3. The Labute approximate surface area is 146 Å². The molecule has 2 unspecified atom stereocenters. The molecule has 4 heteroatoms. The van der Waals surface area contributed by atoms with Crippen LogP contribution in [-0.2, 0) is 16.2 Å². The second-order valence-corrected chi connectivity index (χ2v) is 6.44. The van der Waals surface area contributed by atoms with Gasteiger partial charge in [-0.25, -0.2) is 0 Å². The van der Waals surface area contributed by atoms with Crippen LogP contribution in [-0.4, -0.2) is 11.8 Å². The fraction of sp³-hybridized carbons (Fsp3) is 0.238. The molecule has 2 aromatic rings. The Morgan fingerprint density at radius 2 is 1.44 bits per heavy atom. The van der Waals surface area contributed by atoms with E-state index in [1.54, 1.807) is 24.3 Å². The normalized spacial score (nSPS) is 22.2. The van der Waals surface area contributed by atoms with Gasteiger partial charge in [0, 0.05) is 0 Å². The maximum absolute atomic E-state index is 12.6. The molecule has 2 atom stereocenters. The first-order valence-corrected chi connectivity index (χ1v) is 8.53. The van der Waals surface area contributed by atoms with E-state index < -0.39 is 0 Å². The van der Waals surface area contributed by atoms with Gasteiger partial charge in [0.15, 0.2) is 0 Å². The molecule has 1 aliphatic carbocycles. The first kappa shape index (κ1) is 15.6. The molecule has 2 aromatic carbocycles. The zero-order valence-corrected chi connectivity index (χ0v) is 13.8. The minimum Gasteiger partial charge on any atom is -0.489 e. The second kappa shape index (κ2) is 6.55. The number of anilines is 1. The lowest BCUT2D eigenvalue weighted by Crippen LogP contribution is -2.30. The molecule has 4 nitrogen and oxygen atoms in total. The Kier molecular flexibility index (Phi) is 4.10. The number of amides is 2. The van der Waals surface area contributed by atoms with E-state index in [0.29, 0.717) is 30.9 Å². The number of imide groups is 1. The third-order valence-corrected chi connectivity index (χ3v) is 4.85. The van der Waals surface area contributed by atoms with Crippen LogP contribution in [0, 0.1) is 11.8 Å². The number of hydrogen-bond acceptors (Lipinski definition) is 3. The molecule has 1 saturated heterocycles. The standard InChI is InChI=1S/C21H19NO3/c23-20-18-8-4-5-9-19(18)21(24)22(20)16-10-12-17(13-11-16)25-14-15-6-2-1-3-7-15/h1-7,10-13,18-19H,8-9,14H2. The van der Waals surface area contributed by atoms with Gasteiger partial charge in [-0.1, -0.05) is 42.5 Å². The third kappa shape index (κ3) is 2.95. The molecule has 126 valence electrons. The molecule has 2 aliphatic rings. The van der Waals surface area contributed by atoms with Crippen molar-refractivity contribution in [2.24, 2.45) is 11.8 Å². The van der Waals surface area contributed by atoms with Gasteiger partial charge in [0.1, 0.15) is 12.4 Å². The van der Waals surface area contributed by atoms with E-state index in [0.717, 1.165) is 5.56 Å². The van der Waals surface area contributed by atoms with Crippen LogP contribution in [0.2, 0.25) is 0 Å². The van der Waals surface area contributed by atoms with Crippen molar-refractivity contribution in [3.8, 4) is 5.75 Å². The molecule has 25 heavy (non-hydrogen) atoms. The van der Waals surface area contributed by atoms with Crippen molar-refractivity contribution in [1.29, 1.82) is 0 Å². The Hall–Kier alpha value is -2.88. The minimum atomic E-state index is -0.202. The number of benzene rings is 2. The van der Waals surface area contributed by atoms with Crippen molar-refractivity contribution in [2.45, 2.75) is 19.4 Å². The van der Waals surface area contributed by atoms with E-state index in [2.05, 4.69) is 0 Å². The number of fused-ring (bicyclic) bond motifs is 1. The Balaban J connectivity index is 1.47. The molecule has 2 amide bonds. The minimum absolute atomic E-state index is 0.0858. The molecule has 4 rings (SSSR count). The maximum Gasteiger partial charge on any atom is 0.238 e. The predicted molar refractivity (Wildman–Crippen MR) is 95.1 cm³/mol. The SMILES string of the molecule is O=C1C2CC=CCC2C(=O)N1c1ccc(OCc2ccccc2)cc1. The van der Waals surface area contributed by atoms with Crippen molar-refractivity contribution in [2.75, 3.05) is 4.90 Å². The molecule has 0 aromatic heterocycles. The van der Waals surface area contributed by atoms with Gasteiger partial charge < -0.3 is 4.74 Å². The van der Waals surface area contributed by atoms with Crippen molar-refractivity contribution in [3.63, 3.8) is 0 Å². The van der Waals surface area contributed by atoms with E-state index in [1.807, 2.05) is 42.5 Å². The van der Waals surface area contributed by atoms with Gasteiger partial charge in [0.05, 0.1) is 17.5 Å². The Morgan fingerprint density at radius 3 is 2.04 bits per heavy atom. The fourth-order valence-electron chi connectivity index (χ4n) is 3.49. The number of hydrogen-bond donors (Lipinski definition) is 0. The molecule has 0 saturated carbocycles. The van der Waals surface area contributed by atoms with E-state index >= 15 is 0 Å². The van der Waals surface area contributed by atoms with Gasteiger partial charge in [0.2, 0.25) is 11.8 Å². The Morgan fingerprint density at radius 1 is 0.840 bits per heavy atom. The Bertz CT molecular complexity index is 785. The number of ether oxygens (including phenoxy) is 1. The smallest absolute Gasteiger partial charge is 0.238 e. The van der Waals surface area contributed by atoms with Crippen LogP contribution in [0.3, 0.4) is 0 Å². The van der Waals surface area contributed by atoms with Crippen molar-refractivity contribution in [1.82, 2.24) is 0 Å². The molecular weight excluding hydrogens is 314 g/mol. The first-order valence-electron chi connectivity index (χ1n) is 8.53. The fourth-order valence-corrected chi connectivity index (χ4v) is 3.49. The summed E-state index contributed by atoms with van der Waals surface area (Å²) in [5.74, 6) is 0.137. The zero-order valence-electron chi connectivity index (χ0n) is 13.8.